The molecule has 0 radical (unpaired) electrons. The molecule has 2 aromatic carbocycles. The van der Waals surface area contributed by atoms with Crippen molar-refractivity contribution in [1.82, 2.24) is 10.0 Å². The van der Waals surface area contributed by atoms with Gasteiger partial charge in [-0.05, 0) is 50.5 Å². The van der Waals surface area contributed by atoms with Crippen LogP contribution < -0.4 is 10.0 Å². The summed E-state index contributed by atoms with van der Waals surface area (Å²) in [5, 5.41) is 3.03. The molecule has 0 spiro atoms. The fourth-order valence-corrected chi connectivity index (χ4v) is 4.66. The summed E-state index contributed by atoms with van der Waals surface area (Å²) in [6.45, 7) is 4.75. The molecule has 1 amide bonds. The third-order valence-electron chi connectivity index (χ3n) is 4.15. The van der Waals surface area contributed by atoms with Gasteiger partial charge in [0, 0.05) is 18.2 Å². The summed E-state index contributed by atoms with van der Waals surface area (Å²) in [6, 6.07) is 12.3. The van der Waals surface area contributed by atoms with Gasteiger partial charge in [-0.2, -0.15) is 4.72 Å². The standard InChI is InChI=1S/C21H26Cl2N2O4S/c1-15(2)29-12-6-11-24-21(26)19(13-16-7-4-3-5-8-16)25-30(27,28)20-14-17(22)9-10-18(20)23/h3-5,7-10,14-15,19,25H,6,11-13H2,1-2H3,(H,24,26)/t19-/m0/s1. The first kappa shape index (κ1) is 24.6. The van der Waals surface area contributed by atoms with Crippen LogP contribution in [0.5, 0.6) is 0 Å². The topological polar surface area (TPSA) is 84.5 Å². The number of sulfonamides is 1. The number of halogens is 2. The first-order valence-electron chi connectivity index (χ1n) is 9.59. The van der Waals surface area contributed by atoms with E-state index >= 15 is 0 Å². The summed E-state index contributed by atoms with van der Waals surface area (Å²) in [7, 11) is -4.08. The fourth-order valence-electron chi connectivity index (χ4n) is 2.70. The Morgan fingerprint density at radius 1 is 1.10 bits per heavy atom. The number of carbonyl (C=O) groups excluding carboxylic acids is 1. The van der Waals surface area contributed by atoms with Crippen molar-refractivity contribution in [1.29, 1.82) is 0 Å². The highest BCUT2D eigenvalue weighted by Gasteiger charge is 2.27. The summed E-state index contributed by atoms with van der Waals surface area (Å²) in [4.78, 5) is 12.6. The molecule has 2 aromatic rings. The Labute approximate surface area is 188 Å². The van der Waals surface area contributed by atoms with Gasteiger partial charge in [0.2, 0.25) is 15.9 Å². The van der Waals surface area contributed by atoms with Crippen molar-refractivity contribution in [3.63, 3.8) is 0 Å². The van der Waals surface area contributed by atoms with Crippen molar-refractivity contribution in [2.45, 2.75) is 43.7 Å². The van der Waals surface area contributed by atoms with Crippen LogP contribution in [0.4, 0.5) is 0 Å². The van der Waals surface area contributed by atoms with Crippen LogP contribution in [0.25, 0.3) is 0 Å². The minimum absolute atomic E-state index is 0.0246. The van der Waals surface area contributed by atoms with Crippen LogP contribution in [0.2, 0.25) is 10.0 Å². The molecule has 2 rings (SSSR count). The van der Waals surface area contributed by atoms with Gasteiger partial charge in [0.15, 0.2) is 0 Å². The first-order valence-corrected chi connectivity index (χ1v) is 11.8. The lowest BCUT2D eigenvalue weighted by atomic mass is 10.1. The highest BCUT2D eigenvalue weighted by Crippen LogP contribution is 2.25. The molecule has 0 aromatic heterocycles. The molecule has 1 atom stereocenters. The second-order valence-electron chi connectivity index (χ2n) is 7.00. The number of ether oxygens (including phenoxy) is 1. The van der Waals surface area contributed by atoms with E-state index in [-0.39, 0.29) is 27.5 Å². The Morgan fingerprint density at radius 3 is 2.47 bits per heavy atom. The normalized spacial score (nSPS) is 12.7. The zero-order valence-electron chi connectivity index (χ0n) is 16.9. The third-order valence-corrected chi connectivity index (χ3v) is 6.34. The summed E-state index contributed by atoms with van der Waals surface area (Å²) >= 11 is 12.0. The smallest absolute Gasteiger partial charge is 0.242 e. The van der Waals surface area contributed by atoms with Gasteiger partial charge >= 0.3 is 0 Å². The summed E-state index contributed by atoms with van der Waals surface area (Å²) in [6.07, 6.45) is 0.919. The highest BCUT2D eigenvalue weighted by atomic mass is 35.5. The quantitative estimate of drug-likeness (QED) is 0.486. The van der Waals surface area contributed by atoms with Gasteiger partial charge in [-0.1, -0.05) is 53.5 Å². The molecule has 0 bridgehead atoms. The zero-order valence-corrected chi connectivity index (χ0v) is 19.2. The predicted molar refractivity (Wildman–Crippen MR) is 119 cm³/mol. The van der Waals surface area contributed by atoms with Crippen molar-refractivity contribution in [3.8, 4) is 0 Å². The molecule has 0 saturated carbocycles. The van der Waals surface area contributed by atoms with Crippen LogP contribution in [0.15, 0.2) is 53.4 Å². The fraction of sp³-hybridized carbons (Fsp3) is 0.381. The lowest BCUT2D eigenvalue weighted by Gasteiger charge is -2.19. The van der Waals surface area contributed by atoms with Crippen LogP contribution in [0, 0.1) is 0 Å². The number of carbonyl (C=O) groups is 1. The summed E-state index contributed by atoms with van der Waals surface area (Å²) < 4.78 is 33.7. The second-order valence-corrected chi connectivity index (χ2v) is 9.53. The largest absolute Gasteiger partial charge is 0.379 e. The van der Waals surface area contributed by atoms with Crippen LogP contribution in [-0.4, -0.2) is 39.6 Å². The van der Waals surface area contributed by atoms with E-state index in [2.05, 4.69) is 10.0 Å². The average Bonchev–Trinajstić information content (AvgIpc) is 2.69. The maximum atomic E-state index is 12.9. The molecule has 0 aliphatic rings. The van der Waals surface area contributed by atoms with E-state index in [0.29, 0.717) is 19.6 Å². The maximum Gasteiger partial charge on any atom is 0.242 e. The highest BCUT2D eigenvalue weighted by molar-refractivity contribution is 7.89. The van der Waals surface area contributed by atoms with E-state index in [9.17, 15) is 13.2 Å². The lowest BCUT2D eigenvalue weighted by Crippen LogP contribution is -2.48. The van der Waals surface area contributed by atoms with Gasteiger partial charge in [0.1, 0.15) is 10.9 Å². The molecule has 0 unspecified atom stereocenters. The molecule has 0 heterocycles. The average molecular weight is 473 g/mol. The number of hydrogen-bond donors (Lipinski definition) is 2. The van der Waals surface area contributed by atoms with Crippen molar-refractivity contribution in [3.05, 3.63) is 64.1 Å². The Hall–Kier alpha value is -1.64. The molecule has 0 aliphatic carbocycles. The van der Waals surface area contributed by atoms with Gasteiger partial charge < -0.3 is 10.1 Å². The van der Waals surface area contributed by atoms with Crippen LogP contribution >= 0.6 is 23.2 Å². The van der Waals surface area contributed by atoms with Crippen LogP contribution in [0.1, 0.15) is 25.8 Å². The number of rotatable bonds is 11. The number of benzene rings is 2. The van der Waals surface area contributed by atoms with Gasteiger partial charge in [-0.3, -0.25) is 4.79 Å². The molecule has 0 aliphatic heterocycles. The lowest BCUT2D eigenvalue weighted by molar-refractivity contribution is -0.122. The van der Waals surface area contributed by atoms with Crippen molar-refractivity contribution < 1.29 is 17.9 Å². The summed E-state index contributed by atoms with van der Waals surface area (Å²) in [5.41, 5.74) is 0.820. The molecular formula is C21H26Cl2N2O4S. The Bertz CT molecular complexity index is 937. The molecule has 0 saturated heterocycles. The van der Waals surface area contributed by atoms with Crippen molar-refractivity contribution >= 4 is 39.1 Å². The Kier molecular flexibility index (Phi) is 9.58. The molecule has 164 valence electrons. The molecule has 2 N–H and O–H groups in total. The molecule has 0 fully saturated rings. The van der Waals surface area contributed by atoms with Gasteiger partial charge in [-0.15, -0.1) is 0 Å². The minimum Gasteiger partial charge on any atom is -0.379 e. The molecule has 9 heteroatoms. The second kappa shape index (κ2) is 11.7. The maximum absolute atomic E-state index is 12.9. The van der Waals surface area contributed by atoms with E-state index in [1.165, 1.54) is 18.2 Å². The first-order chi connectivity index (χ1) is 14.2. The van der Waals surface area contributed by atoms with Gasteiger partial charge in [0.05, 0.1) is 11.1 Å². The molecule has 30 heavy (non-hydrogen) atoms. The Morgan fingerprint density at radius 2 is 1.80 bits per heavy atom. The monoisotopic (exact) mass is 472 g/mol. The van der Waals surface area contributed by atoms with Crippen molar-refractivity contribution in [2.24, 2.45) is 0 Å². The van der Waals surface area contributed by atoms with Crippen LogP contribution in [0.3, 0.4) is 0 Å². The predicted octanol–water partition coefficient (Wildman–Crippen LogP) is 3.81. The Balaban J connectivity index is 2.14. The van der Waals surface area contributed by atoms with E-state index in [4.69, 9.17) is 27.9 Å². The zero-order chi connectivity index (χ0) is 22.1. The van der Waals surface area contributed by atoms with E-state index < -0.39 is 22.0 Å². The SMILES string of the molecule is CC(C)OCCCNC(=O)[C@H](Cc1ccccc1)NS(=O)(=O)c1cc(Cl)ccc1Cl. The van der Waals surface area contributed by atoms with Crippen LogP contribution in [-0.2, 0) is 26.0 Å². The van der Waals surface area contributed by atoms with E-state index in [0.717, 1.165) is 5.56 Å². The van der Waals surface area contributed by atoms with Gasteiger partial charge in [-0.25, -0.2) is 8.42 Å². The third kappa shape index (κ3) is 7.89. The summed E-state index contributed by atoms with van der Waals surface area (Å²) in [5.74, 6) is -0.426. The molecule has 6 nitrogen and oxygen atoms in total. The number of nitrogens with one attached hydrogen (secondary N) is 2. The molecular weight excluding hydrogens is 447 g/mol. The minimum atomic E-state index is -4.08. The van der Waals surface area contributed by atoms with Gasteiger partial charge in [0.25, 0.3) is 0 Å². The van der Waals surface area contributed by atoms with E-state index in [1.54, 1.807) is 0 Å². The van der Waals surface area contributed by atoms with Crippen molar-refractivity contribution in [2.75, 3.05) is 13.2 Å². The van der Waals surface area contributed by atoms with E-state index in [1.807, 2.05) is 44.2 Å². The number of amides is 1. The number of hydrogen-bond acceptors (Lipinski definition) is 4.